The van der Waals surface area contributed by atoms with Crippen molar-refractivity contribution in [2.75, 3.05) is 0 Å². The van der Waals surface area contributed by atoms with E-state index in [9.17, 15) is 23.5 Å². The van der Waals surface area contributed by atoms with Crippen molar-refractivity contribution in [3.05, 3.63) is 0 Å². The molecule has 9 nitrogen and oxygen atoms in total. The maximum Gasteiger partial charge on any atom is 0.488 e. The van der Waals surface area contributed by atoms with Crippen molar-refractivity contribution in [3.63, 3.8) is 0 Å². The van der Waals surface area contributed by atoms with Crippen LogP contribution in [0.15, 0.2) is 0 Å². The second kappa shape index (κ2) is 13.0. The van der Waals surface area contributed by atoms with Gasteiger partial charge in [0.15, 0.2) is 0 Å². The van der Waals surface area contributed by atoms with Gasteiger partial charge in [-0.05, 0) is 19.8 Å². The van der Waals surface area contributed by atoms with Gasteiger partial charge in [-0.2, -0.15) is 4.31 Å². The van der Waals surface area contributed by atoms with E-state index in [0.29, 0.717) is 25.7 Å². The SMILES string of the molecule is CCCCCCCC(C)(CCCCCCC)P(=O)(O)OP(=O)(O)OP(=O)(O)O. The van der Waals surface area contributed by atoms with E-state index >= 15 is 0 Å². The fourth-order valence-electron chi connectivity index (χ4n) is 3.01. The van der Waals surface area contributed by atoms with Gasteiger partial charge >= 0.3 is 23.2 Å². The predicted molar refractivity (Wildman–Crippen MR) is 109 cm³/mol. The summed E-state index contributed by atoms with van der Waals surface area (Å²) in [4.78, 5) is 37.4. The largest absolute Gasteiger partial charge is 0.488 e. The van der Waals surface area contributed by atoms with E-state index in [0.717, 1.165) is 51.4 Å². The van der Waals surface area contributed by atoms with Gasteiger partial charge in [-0.15, -0.1) is 0 Å². The normalized spacial score (nSPS) is 17.2. The number of hydrogen-bond acceptors (Lipinski definition) is 5. The summed E-state index contributed by atoms with van der Waals surface area (Å²) in [6.07, 6.45) is 9.81. The summed E-state index contributed by atoms with van der Waals surface area (Å²) in [5, 5.41) is -1.30. The van der Waals surface area contributed by atoms with Gasteiger partial charge in [0.05, 0.1) is 5.16 Å². The molecule has 4 N–H and O–H groups in total. The summed E-state index contributed by atoms with van der Waals surface area (Å²) >= 11 is 0. The van der Waals surface area contributed by atoms with Crippen molar-refractivity contribution in [2.24, 2.45) is 0 Å². The molecule has 12 heteroatoms. The van der Waals surface area contributed by atoms with Gasteiger partial charge in [-0.25, -0.2) is 13.4 Å². The van der Waals surface area contributed by atoms with Crippen LogP contribution in [0.3, 0.4) is 0 Å². The maximum absolute atomic E-state index is 12.8. The third kappa shape index (κ3) is 12.2. The van der Waals surface area contributed by atoms with E-state index in [1.165, 1.54) is 6.92 Å². The van der Waals surface area contributed by atoms with Crippen molar-refractivity contribution < 1.29 is 41.9 Å². The number of hydrogen-bond donors (Lipinski definition) is 4. The third-order valence-electron chi connectivity index (χ3n) is 4.74. The molecular formula is C16H37O9P3. The highest BCUT2D eigenvalue weighted by Gasteiger charge is 2.50. The quantitative estimate of drug-likeness (QED) is 0.152. The minimum Gasteiger partial charge on any atom is -0.324 e. The zero-order valence-electron chi connectivity index (χ0n) is 17.2. The molecule has 28 heavy (non-hydrogen) atoms. The van der Waals surface area contributed by atoms with Crippen LogP contribution in [0, 0.1) is 0 Å². The molecule has 2 atom stereocenters. The van der Waals surface area contributed by atoms with Gasteiger partial charge in [-0.1, -0.05) is 78.1 Å². The highest BCUT2D eigenvalue weighted by atomic mass is 31.3. The summed E-state index contributed by atoms with van der Waals surface area (Å²) in [5.41, 5.74) is 0. The molecule has 0 aromatic heterocycles. The van der Waals surface area contributed by atoms with Crippen LogP contribution in [0.4, 0.5) is 0 Å². The third-order valence-corrected chi connectivity index (χ3v) is 9.94. The topological polar surface area (TPSA) is 151 Å². The molecule has 0 heterocycles. The molecule has 0 aromatic carbocycles. The maximum atomic E-state index is 12.8. The lowest BCUT2D eigenvalue weighted by molar-refractivity contribution is 0.214. The summed E-state index contributed by atoms with van der Waals surface area (Å²) in [5.74, 6) is 0. The molecule has 170 valence electrons. The van der Waals surface area contributed by atoms with Gasteiger partial charge in [0.25, 0.3) is 0 Å². The fraction of sp³-hybridized carbons (Fsp3) is 1.00. The Balaban J connectivity index is 5.17. The molecule has 0 aromatic rings. The Labute approximate surface area is 168 Å². The van der Waals surface area contributed by atoms with Crippen LogP contribution in [0.5, 0.6) is 0 Å². The van der Waals surface area contributed by atoms with E-state index in [2.05, 4.69) is 22.5 Å². The molecule has 0 rings (SSSR count). The molecular weight excluding hydrogens is 429 g/mol. The van der Waals surface area contributed by atoms with Gasteiger partial charge in [-0.3, -0.25) is 4.57 Å². The van der Waals surface area contributed by atoms with Crippen molar-refractivity contribution in [3.8, 4) is 0 Å². The van der Waals surface area contributed by atoms with Crippen LogP contribution in [0.2, 0.25) is 0 Å². The van der Waals surface area contributed by atoms with Crippen LogP contribution in [0.25, 0.3) is 0 Å². The van der Waals surface area contributed by atoms with Gasteiger partial charge in [0.1, 0.15) is 0 Å². The highest BCUT2D eigenvalue weighted by Crippen LogP contribution is 2.71. The number of phosphoric acid groups is 2. The molecule has 0 radical (unpaired) electrons. The molecule has 0 amide bonds. The highest BCUT2D eigenvalue weighted by molar-refractivity contribution is 7.68. The molecule has 0 fully saturated rings. The Hall–Kier alpha value is 0.450. The second-order valence-electron chi connectivity index (χ2n) is 7.47. The van der Waals surface area contributed by atoms with E-state index < -0.39 is 28.4 Å². The van der Waals surface area contributed by atoms with Crippen molar-refractivity contribution in [1.29, 1.82) is 0 Å². The summed E-state index contributed by atoms with van der Waals surface area (Å²) in [6.45, 7) is 5.68. The first-order chi connectivity index (χ1) is 12.8. The molecule has 0 spiro atoms. The van der Waals surface area contributed by atoms with Crippen molar-refractivity contribution >= 4 is 23.2 Å². The molecule has 0 aliphatic heterocycles. The van der Waals surface area contributed by atoms with Gasteiger partial charge in [0, 0.05) is 0 Å². The molecule has 0 aliphatic rings. The summed E-state index contributed by atoms with van der Waals surface area (Å²) < 4.78 is 43.6. The van der Waals surface area contributed by atoms with E-state index in [1.807, 2.05) is 0 Å². The van der Waals surface area contributed by atoms with Crippen LogP contribution >= 0.6 is 23.2 Å². The van der Waals surface area contributed by atoms with Crippen LogP contribution in [-0.2, 0) is 22.3 Å². The first-order valence-corrected chi connectivity index (χ1v) is 14.5. The lowest BCUT2D eigenvalue weighted by Crippen LogP contribution is -2.26. The van der Waals surface area contributed by atoms with Crippen molar-refractivity contribution in [2.45, 2.75) is 103 Å². The molecule has 0 aliphatic carbocycles. The van der Waals surface area contributed by atoms with Gasteiger partial charge < -0.3 is 19.6 Å². The van der Waals surface area contributed by atoms with Crippen LogP contribution < -0.4 is 0 Å². The first-order valence-electron chi connectivity index (χ1n) is 9.92. The molecule has 0 saturated carbocycles. The van der Waals surface area contributed by atoms with E-state index in [4.69, 9.17) is 9.79 Å². The number of rotatable bonds is 17. The lowest BCUT2D eigenvalue weighted by Gasteiger charge is -2.34. The van der Waals surface area contributed by atoms with E-state index in [-0.39, 0.29) is 0 Å². The second-order valence-corrected chi connectivity index (χ2v) is 12.8. The Bertz CT molecular complexity index is 562. The van der Waals surface area contributed by atoms with Gasteiger partial charge in [0.2, 0.25) is 0 Å². The Morgan fingerprint density at radius 3 is 1.43 bits per heavy atom. The molecule has 0 saturated heterocycles. The number of unbranched alkanes of at least 4 members (excludes halogenated alkanes) is 8. The fourth-order valence-corrected chi connectivity index (χ4v) is 7.27. The summed E-state index contributed by atoms with van der Waals surface area (Å²) in [7, 11) is -15.5. The Morgan fingerprint density at radius 2 is 1.07 bits per heavy atom. The predicted octanol–water partition coefficient (Wildman–Crippen LogP) is 5.88. The van der Waals surface area contributed by atoms with E-state index in [1.54, 1.807) is 0 Å². The van der Waals surface area contributed by atoms with Crippen LogP contribution in [0.1, 0.15) is 97.8 Å². The molecule has 2 unspecified atom stereocenters. The minimum absolute atomic E-state index is 0.300. The minimum atomic E-state index is -5.41. The standard InChI is InChI=1S/C16H37O9P3/c1-4-6-8-10-12-14-16(3,15-13-11-9-7-5-2)26(17,18)24-28(22,23)25-27(19,20)21/h4-15H2,1-3H3,(H,17,18)(H,22,23)(H2,19,20,21). The zero-order chi connectivity index (χ0) is 21.9. The van der Waals surface area contributed by atoms with Crippen LogP contribution in [-0.4, -0.2) is 24.7 Å². The average molecular weight is 466 g/mol. The smallest absolute Gasteiger partial charge is 0.324 e. The zero-order valence-corrected chi connectivity index (χ0v) is 19.8. The first kappa shape index (κ1) is 28.5. The lowest BCUT2D eigenvalue weighted by atomic mass is 9.95. The average Bonchev–Trinajstić information content (AvgIpc) is 2.50. The molecule has 0 bridgehead atoms. The monoisotopic (exact) mass is 466 g/mol. The Morgan fingerprint density at radius 1 is 0.679 bits per heavy atom. The Kier molecular flexibility index (Phi) is 13.2. The summed E-state index contributed by atoms with van der Waals surface area (Å²) in [6, 6.07) is 0. The van der Waals surface area contributed by atoms with Crippen molar-refractivity contribution in [1.82, 2.24) is 0 Å².